The SMILES string of the molecule is CC(=O)OCC1=C2CC(C#N)(C#N)C3=CC4CCC(N4)[C@@H]3C(COC(C)=O)=C2CC1=O. The van der Waals surface area contributed by atoms with Gasteiger partial charge in [-0.1, -0.05) is 6.08 Å². The van der Waals surface area contributed by atoms with E-state index in [4.69, 9.17) is 9.47 Å². The minimum atomic E-state index is -1.45. The quantitative estimate of drug-likeness (QED) is 0.537. The molecule has 4 aliphatic rings. The monoisotopic (exact) mass is 421 g/mol. The van der Waals surface area contributed by atoms with Crippen LogP contribution < -0.4 is 5.32 Å². The Labute approximate surface area is 180 Å². The molecule has 0 saturated carbocycles. The van der Waals surface area contributed by atoms with Gasteiger partial charge in [0.15, 0.2) is 11.2 Å². The standard InChI is InChI=1S/C23H23N3O5/c1-12(27)30-8-17-16-7-23(10-24,11-25)19-5-14-3-4-20(26-14)22(19)18(9-31-13(2)28)15(16)6-21(17)29/h5,14,20,22,26H,3-4,6-9H2,1-2H3/t14?,20?,22-/m1/s1. The van der Waals surface area contributed by atoms with Gasteiger partial charge in [-0.05, 0) is 35.1 Å². The highest BCUT2D eigenvalue weighted by Crippen LogP contribution is 2.53. The number of allylic oxidation sites excluding steroid dienone is 2. The Balaban J connectivity index is 1.93. The minimum Gasteiger partial charge on any atom is -0.461 e. The molecule has 2 aliphatic heterocycles. The summed E-state index contributed by atoms with van der Waals surface area (Å²) >= 11 is 0. The van der Waals surface area contributed by atoms with E-state index in [1.54, 1.807) is 0 Å². The second-order valence-corrected chi connectivity index (χ2v) is 8.48. The lowest BCUT2D eigenvalue weighted by Gasteiger charge is -2.36. The summed E-state index contributed by atoms with van der Waals surface area (Å²) < 4.78 is 10.5. The van der Waals surface area contributed by atoms with Gasteiger partial charge in [-0.15, -0.1) is 0 Å². The van der Waals surface area contributed by atoms with Crippen LogP contribution >= 0.6 is 0 Å². The first kappa shape index (κ1) is 21.0. The number of ketones is 1. The first-order valence-corrected chi connectivity index (χ1v) is 10.3. The van der Waals surface area contributed by atoms with E-state index in [1.807, 2.05) is 6.08 Å². The Morgan fingerprint density at radius 1 is 1.13 bits per heavy atom. The molecule has 2 heterocycles. The lowest BCUT2D eigenvalue weighted by Crippen LogP contribution is -2.44. The van der Waals surface area contributed by atoms with Crippen molar-refractivity contribution < 1.29 is 23.9 Å². The van der Waals surface area contributed by atoms with Crippen molar-refractivity contribution in [3.63, 3.8) is 0 Å². The summed E-state index contributed by atoms with van der Waals surface area (Å²) in [5.41, 5.74) is 1.63. The van der Waals surface area contributed by atoms with Crippen LogP contribution in [0.25, 0.3) is 0 Å². The summed E-state index contributed by atoms with van der Waals surface area (Å²) in [7, 11) is 0. The van der Waals surface area contributed by atoms with Crippen molar-refractivity contribution >= 4 is 17.7 Å². The zero-order valence-corrected chi connectivity index (χ0v) is 17.5. The number of fused-ring (bicyclic) bond motifs is 5. The van der Waals surface area contributed by atoms with Crippen LogP contribution in [0.4, 0.5) is 0 Å². The lowest BCUT2D eigenvalue weighted by molar-refractivity contribution is -0.141. The molecule has 8 nitrogen and oxygen atoms in total. The van der Waals surface area contributed by atoms with Crippen LogP contribution in [0, 0.1) is 34.0 Å². The minimum absolute atomic E-state index is 0.00361. The van der Waals surface area contributed by atoms with Gasteiger partial charge in [-0.2, -0.15) is 10.5 Å². The summed E-state index contributed by atoms with van der Waals surface area (Å²) in [5, 5.41) is 23.8. The summed E-state index contributed by atoms with van der Waals surface area (Å²) in [6.07, 6.45) is 3.85. The third-order valence-electron chi connectivity index (χ3n) is 6.67. The van der Waals surface area contributed by atoms with Gasteiger partial charge < -0.3 is 14.8 Å². The first-order chi connectivity index (χ1) is 14.8. The molecule has 2 unspecified atom stereocenters. The predicted molar refractivity (Wildman–Crippen MR) is 107 cm³/mol. The second-order valence-electron chi connectivity index (χ2n) is 8.48. The van der Waals surface area contributed by atoms with Crippen molar-refractivity contribution in [3.8, 4) is 12.1 Å². The van der Waals surface area contributed by atoms with Crippen LogP contribution in [0.15, 0.2) is 33.9 Å². The number of nitrogens with one attached hydrogen (secondary N) is 1. The van der Waals surface area contributed by atoms with E-state index < -0.39 is 17.4 Å². The molecule has 0 spiro atoms. The third-order valence-corrected chi connectivity index (χ3v) is 6.67. The molecule has 3 atom stereocenters. The summed E-state index contributed by atoms with van der Waals surface area (Å²) in [6, 6.07) is 4.54. The lowest BCUT2D eigenvalue weighted by atomic mass is 9.69. The van der Waals surface area contributed by atoms with Gasteiger partial charge in [-0.25, -0.2) is 0 Å². The van der Waals surface area contributed by atoms with E-state index >= 15 is 0 Å². The average molecular weight is 421 g/mol. The second kappa shape index (κ2) is 7.79. The topological polar surface area (TPSA) is 129 Å². The van der Waals surface area contributed by atoms with Crippen molar-refractivity contribution in [1.29, 1.82) is 10.5 Å². The molecule has 160 valence electrons. The molecule has 0 aromatic carbocycles. The number of carbonyl (C=O) groups is 3. The van der Waals surface area contributed by atoms with E-state index in [0.29, 0.717) is 16.7 Å². The maximum absolute atomic E-state index is 12.9. The van der Waals surface area contributed by atoms with Gasteiger partial charge in [0, 0.05) is 50.3 Å². The van der Waals surface area contributed by atoms with Gasteiger partial charge in [0.25, 0.3) is 0 Å². The number of nitrogens with zero attached hydrogens (tertiary/aromatic N) is 2. The van der Waals surface area contributed by atoms with E-state index in [9.17, 15) is 24.9 Å². The van der Waals surface area contributed by atoms with Crippen molar-refractivity contribution in [1.82, 2.24) is 5.32 Å². The molecule has 4 rings (SSSR count). The Morgan fingerprint density at radius 3 is 2.45 bits per heavy atom. The Hall–Kier alpha value is -3.23. The average Bonchev–Trinajstić information content (AvgIpc) is 3.22. The van der Waals surface area contributed by atoms with Gasteiger partial charge in [0.2, 0.25) is 0 Å². The van der Waals surface area contributed by atoms with E-state index in [-0.39, 0.29) is 49.8 Å². The van der Waals surface area contributed by atoms with Crippen molar-refractivity contribution in [2.75, 3.05) is 13.2 Å². The molecule has 0 aromatic rings. The van der Waals surface area contributed by atoms with Crippen LogP contribution in [0.5, 0.6) is 0 Å². The molecule has 31 heavy (non-hydrogen) atoms. The van der Waals surface area contributed by atoms with Crippen LogP contribution in [-0.2, 0) is 23.9 Å². The molecule has 1 fully saturated rings. The molecule has 0 amide bonds. The fourth-order valence-electron chi connectivity index (χ4n) is 5.30. The molecule has 1 N–H and O–H groups in total. The predicted octanol–water partition coefficient (Wildman–Crippen LogP) is 1.79. The van der Waals surface area contributed by atoms with Gasteiger partial charge >= 0.3 is 11.9 Å². The first-order valence-electron chi connectivity index (χ1n) is 10.3. The summed E-state index contributed by atoms with van der Waals surface area (Å²) in [5.74, 6) is -1.47. The van der Waals surface area contributed by atoms with E-state index in [0.717, 1.165) is 24.0 Å². The third kappa shape index (κ3) is 3.47. The molecule has 2 bridgehead atoms. The molecule has 1 saturated heterocycles. The number of nitriles is 2. The van der Waals surface area contributed by atoms with E-state index in [2.05, 4.69) is 17.5 Å². The highest BCUT2D eigenvalue weighted by molar-refractivity contribution is 6.03. The van der Waals surface area contributed by atoms with Crippen molar-refractivity contribution in [3.05, 3.63) is 33.9 Å². The van der Waals surface area contributed by atoms with Crippen LogP contribution in [0.2, 0.25) is 0 Å². The van der Waals surface area contributed by atoms with Crippen molar-refractivity contribution in [2.45, 2.75) is 51.6 Å². The zero-order chi connectivity index (χ0) is 22.3. The molecular formula is C23H23N3O5. The highest BCUT2D eigenvalue weighted by Gasteiger charge is 2.52. The largest absolute Gasteiger partial charge is 0.461 e. The summed E-state index contributed by atoms with van der Waals surface area (Å²) in [4.78, 5) is 35.8. The maximum Gasteiger partial charge on any atom is 0.302 e. The Kier molecular flexibility index (Phi) is 5.28. The molecule has 2 aliphatic carbocycles. The Morgan fingerprint density at radius 2 is 1.81 bits per heavy atom. The van der Waals surface area contributed by atoms with Crippen LogP contribution in [0.3, 0.4) is 0 Å². The van der Waals surface area contributed by atoms with Crippen LogP contribution in [-0.4, -0.2) is 43.0 Å². The van der Waals surface area contributed by atoms with Crippen LogP contribution in [0.1, 0.15) is 39.5 Å². The number of Topliss-reactive ketones (excluding diaryl/α,β-unsaturated/α-hetero) is 1. The number of ether oxygens (including phenoxy) is 2. The molecule has 0 aromatic heterocycles. The number of hydrogen-bond acceptors (Lipinski definition) is 8. The smallest absolute Gasteiger partial charge is 0.302 e. The highest BCUT2D eigenvalue weighted by atomic mass is 16.5. The summed E-state index contributed by atoms with van der Waals surface area (Å²) in [6.45, 7) is 2.37. The fourth-order valence-corrected chi connectivity index (χ4v) is 5.30. The number of hydrogen-bond donors (Lipinski definition) is 1. The van der Waals surface area contributed by atoms with Gasteiger partial charge in [-0.3, -0.25) is 14.4 Å². The van der Waals surface area contributed by atoms with Crippen molar-refractivity contribution in [2.24, 2.45) is 11.3 Å². The number of rotatable bonds is 4. The molecule has 8 heteroatoms. The maximum atomic E-state index is 12.9. The molecular weight excluding hydrogens is 398 g/mol. The number of esters is 2. The number of carbonyl (C=O) groups excluding carboxylic acids is 3. The van der Waals surface area contributed by atoms with E-state index in [1.165, 1.54) is 13.8 Å². The van der Waals surface area contributed by atoms with Gasteiger partial charge in [0.05, 0.1) is 12.1 Å². The Bertz CT molecular complexity index is 1040. The zero-order valence-electron chi connectivity index (χ0n) is 17.5. The normalized spacial score (nSPS) is 28.1. The van der Waals surface area contributed by atoms with Gasteiger partial charge in [0.1, 0.15) is 13.2 Å². The fraction of sp³-hybridized carbons (Fsp3) is 0.522. The molecule has 0 radical (unpaired) electrons.